The molecule has 0 spiro atoms. The van der Waals surface area contributed by atoms with E-state index in [0.29, 0.717) is 0 Å². The molecule has 2 rings (SSSR count). The van der Waals surface area contributed by atoms with Crippen LogP contribution < -0.4 is 5.73 Å². The Labute approximate surface area is 92.0 Å². The lowest BCUT2D eigenvalue weighted by atomic mass is 9.80. The van der Waals surface area contributed by atoms with Crippen LogP contribution >= 0.6 is 15.9 Å². The minimum atomic E-state index is 0.0645. The maximum absolute atomic E-state index is 6.12. The van der Waals surface area contributed by atoms with Gasteiger partial charge in [0.25, 0.3) is 0 Å². The summed E-state index contributed by atoms with van der Waals surface area (Å²) in [7, 11) is 1.88. The number of hydrogen-bond acceptors (Lipinski definition) is 3. The third-order valence-corrected chi connectivity index (χ3v) is 3.55. The topological polar surface area (TPSA) is 56.7 Å². The number of aryl methyl sites for hydroxylation is 1. The summed E-state index contributed by atoms with van der Waals surface area (Å²) in [6.45, 7) is 0. The van der Waals surface area contributed by atoms with E-state index < -0.39 is 0 Å². The van der Waals surface area contributed by atoms with E-state index >= 15 is 0 Å². The first kappa shape index (κ1) is 10.1. The molecule has 1 aliphatic carbocycles. The van der Waals surface area contributed by atoms with Gasteiger partial charge in [0.1, 0.15) is 0 Å². The molecule has 1 saturated carbocycles. The third-order valence-electron chi connectivity index (χ3n) is 2.99. The molecule has 1 aliphatic rings. The van der Waals surface area contributed by atoms with Crippen molar-refractivity contribution in [2.45, 2.75) is 31.7 Å². The van der Waals surface area contributed by atoms with Crippen molar-refractivity contribution in [3.05, 3.63) is 10.3 Å². The van der Waals surface area contributed by atoms with Crippen molar-refractivity contribution in [2.24, 2.45) is 18.7 Å². The van der Waals surface area contributed by atoms with Gasteiger partial charge >= 0.3 is 0 Å². The van der Waals surface area contributed by atoms with Gasteiger partial charge in [-0.3, -0.25) is 0 Å². The van der Waals surface area contributed by atoms with Crippen LogP contribution in [0.5, 0.6) is 0 Å². The van der Waals surface area contributed by atoms with E-state index in [1.807, 2.05) is 7.05 Å². The SMILES string of the molecule is Cn1nnc(Br)c1C(N)CC1CCC1. The number of hydrogen-bond donors (Lipinski definition) is 1. The van der Waals surface area contributed by atoms with Crippen LogP contribution in [0.3, 0.4) is 0 Å². The smallest absolute Gasteiger partial charge is 0.153 e. The summed E-state index contributed by atoms with van der Waals surface area (Å²) in [5, 5.41) is 7.87. The van der Waals surface area contributed by atoms with Crippen LogP contribution in [0.1, 0.15) is 37.4 Å². The molecular formula is C9H15BrN4. The Hall–Kier alpha value is -0.420. The fourth-order valence-electron chi connectivity index (χ4n) is 1.93. The van der Waals surface area contributed by atoms with Gasteiger partial charge in [-0.1, -0.05) is 24.5 Å². The van der Waals surface area contributed by atoms with Crippen molar-refractivity contribution in [3.63, 3.8) is 0 Å². The van der Waals surface area contributed by atoms with Gasteiger partial charge in [-0.2, -0.15) is 0 Å². The van der Waals surface area contributed by atoms with Crippen LogP contribution in [-0.2, 0) is 7.05 Å². The van der Waals surface area contributed by atoms with Gasteiger partial charge in [0.2, 0.25) is 0 Å². The number of halogens is 1. The molecule has 0 amide bonds. The Bertz CT molecular complexity index is 299. The quantitative estimate of drug-likeness (QED) is 0.899. The van der Waals surface area contributed by atoms with Crippen molar-refractivity contribution in [3.8, 4) is 0 Å². The highest BCUT2D eigenvalue weighted by molar-refractivity contribution is 9.10. The molecule has 4 nitrogen and oxygen atoms in total. The lowest BCUT2D eigenvalue weighted by Gasteiger charge is -2.27. The average Bonchev–Trinajstić information content (AvgIpc) is 2.39. The molecule has 0 aliphatic heterocycles. The van der Waals surface area contributed by atoms with Crippen LogP contribution in [0, 0.1) is 5.92 Å². The largest absolute Gasteiger partial charge is 0.323 e. The first-order valence-electron chi connectivity index (χ1n) is 4.99. The summed E-state index contributed by atoms with van der Waals surface area (Å²) in [6, 6.07) is 0.0645. The minimum absolute atomic E-state index is 0.0645. The summed E-state index contributed by atoms with van der Waals surface area (Å²) in [6.07, 6.45) is 5.08. The summed E-state index contributed by atoms with van der Waals surface area (Å²) < 4.78 is 2.54. The van der Waals surface area contributed by atoms with Gasteiger partial charge in [0, 0.05) is 13.1 Å². The Balaban J connectivity index is 2.05. The zero-order valence-corrected chi connectivity index (χ0v) is 9.87. The standard InChI is InChI=1S/C9H15BrN4/c1-14-8(9(10)12-13-14)7(11)5-6-3-2-4-6/h6-7H,2-5,11H2,1H3. The Morgan fingerprint density at radius 2 is 2.36 bits per heavy atom. The van der Waals surface area contributed by atoms with Crippen LogP contribution in [0.25, 0.3) is 0 Å². The van der Waals surface area contributed by atoms with Crippen LogP contribution in [0.4, 0.5) is 0 Å². The lowest BCUT2D eigenvalue weighted by Crippen LogP contribution is -2.22. The Kier molecular flexibility index (Phi) is 2.88. The number of nitrogens with zero attached hydrogens (tertiary/aromatic N) is 3. The summed E-state index contributed by atoms with van der Waals surface area (Å²) >= 11 is 3.37. The molecule has 1 aromatic heterocycles. The second kappa shape index (κ2) is 3.98. The van der Waals surface area contributed by atoms with E-state index in [-0.39, 0.29) is 6.04 Å². The van der Waals surface area contributed by atoms with Crippen molar-refractivity contribution in [1.82, 2.24) is 15.0 Å². The van der Waals surface area contributed by atoms with Gasteiger partial charge < -0.3 is 5.73 Å². The van der Waals surface area contributed by atoms with Gasteiger partial charge in [-0.05, 0) is 28.3 Å². The van der Waals surface area contributed by atoms with E-state index in [0.717, 1.165) is 22.6 Å². The number of rotatable bonds is 3. The number of nitrogens with two attached hydrogens (primary N) is 1. The first-order chi connectivity index (χ1) is 6.68. The summed E-state index contributed by atoms with van der Waals surface area (Å²) in [5.74, 6) is 0.812. The average molecular weight is 259 g/mol. The predicted octanol–water partition coefficient (Wildman–Crippen LogP) is 1.77. The molecule has 1 atom stereocenters. The van der Waals surface area contributed by atoms with Gasteiger partial charge in [0.05, 0.1) is 5.69 Å². The molecule has 1 heterocycles. The van der Waals surface area contributed by atoms with Crippen molar-refractivity contribution in [1.29, 1.82) is 0 Å². The van der Waals surface area contributed by atoms with E-state index in [1.165, 1.54) is 19.3 Å². The lowest BCUT2D eigenvalue weighted by molar-refractivity contribution is 0.274. The highest BCUT2D eigenvalue weighted by atomic mass is 79.9. The van der Waals surface area contributed by atoms with Crippen LogP contribution in [0.15, 0.2) is 4.60 Å². The highest BCUT2D eigenvalue weighted by Crippen LogP contribution is 2.34. The molecule has 0 radical (unpaired) electrons. The summed E-state index contributed by atoms with van der Waals surface area (Å²) in [5.41, 5.74) is 7.13. The molecule has 14 heavy (non-hydrogen) atoms. The molecule has 0 bridgehead atoms. The molecule has 0 aromatic carbocycles. The molecule has 0 saturated heterocycles. The Morgan fingerprint density at radius 1 is 1.64 bits per heavy atom. The van der Waals surface area contributed by atoms with Crippen molar-refractivity contribution in [2.75, 3.05) is 0 Å². The fourth-order valence-corrected chi connectivity index (χ4v) is 2.55. The molecular weight excluding hydrogens is 244 g/mol. The minimum Gasteiger partial charge on any atom is -0.323 e. The van der Waals surface area contributed by atoms with E-state index in [9.17, 15) is 0 Å². The third kappa shape index (κ3) is 1.83. The highest BCUT2D eigenvalue weighted by Gasteiger charge is 2.24. The maximum Gasteiger partial charge on any atom is 0.153 e. The van der Waals surface area contributed by atoms with Gasteiger partial charge in [-0.15, -0.1) is 5.10 Å². The Morgan fingerprint density at radius 3 is 2.79 bits per heavy atom. The van der Waals surface area contributed by atoms with E-state index in [4.69, 9.17) is 5.73 Å². The zero-order chi connectivity index (χ0) is 10.1. The molecule has 1 aromatic rings. The number of aromatic nitrogens is 3. The molecule has 5 heteroatoms. The van der Waals surface area contributed by atoms with E-state index in [2.05, 4.69) is 26.2 Å². The second-order valence-corrected chi connectivity index (χ2v) is 4.78. The van der Waals surface area contributed by atoms with Crippen molar-refractivity contribution >= 4 is 15.9 Å². The van der Waals surface area contributed by atoms with E-state index in [1.54, 1.807) is 4.68 Å². The molecule has 78 valence electrons. The van der Waals surface area contributed by atoms with Gasteiger partial charge in [0.15, 0.2) is 4.60 Å². The van der Waals surface area contributed by atoms with Crippen LogP contribution in [0.2, 0.25) is 0 Å². The fraction of sp³-hybridized carbons (Fsp3) is 0.778. The molecule has 1 fully saturated rings. The normalized spacial score (nSPS) is 19.4. The summed E-state index contributed by atoms with van der Waals surface area (Å²) in [4.78, 5) is 0. The zero-order valence-electron chi connectivity index (χ0n) is 8.28. The second-order valence-electron chi connectivity index (χ2n) is 4.03. The monoisotopic (exact) mass is 258 g/mol. The van der Waals surface area contributed by atoms with Crippen molar-refractivity contribution < 1.29 is 0 Å². The van der Waals surface area contributed by atoms with Gasteiger partial charge in [-0.25, -0.2) is 4.68 Å². The first-order valence-corrected chi connectivity index (χ1v) is 5.78. The maximum atomic E-state index is 6.12. The molecule has 1 unspecified atom stereocenters. The predicted molar refractivity (Wildman–Crippen MR) is 57.6 cm³/mol. The van der Waals surface area contributed by atoms with Crippen LogP contribution in [-0.4, -0.2) is 15.0 Å². The molecule has 2 N–H and O–H groups in total.